The van der Waals surface area contributed by atoms with Gasteiger partial charge in [-0.2, -0.15) is 5.10 Å². The second-order valence-electron chi connectivity index (χ2n) is 2.29. The van der Waals surface area contributed by atoms with Crippen molar-refractivity contribution in [3.63, 3.8) is 0 Å². The number of nitrogens with two attached hydrogens (primary N) is 1. The van der Waals surface area contributed by atoms with Gasteiger partial charge >= 0.3 is 0 Å². The number of amides is 1. The van der Waals surface area contributed by atoms with Gasteiger partial charge in [-0.05, 0) is 6.07 Å². The Hall–Kier alpha value is -1.40. The topological polar surface area (TPSA) is 101 Å². The number of nitrogens with zero attached hydrogens (tertiary/aromatic N) is 1. The van der Waals surface area contributed by atoms with E-state index in [0.717, 1.165) is 0 Å². The molecule has 1 aromatic rings. The van der Waals surface area contributed by atoms with Crippen LogP contribution >= 0.6 is 11.6 Å². The van der Waals surface area contributed by atoms with Crippen LogP contribution in [-0.4, -0.2) is 16.1 Å². The zero-order valence-corrected chi connectivity index (χ0v) is 7.26. The number of H-pyrrole nitrogens is 1. The van der Waals surface area contributed by atoms with Crippen LogP contribution in [0, 0.1) is 0 Å². The Labute approximate surface area is 78.1 Å². The summed E-state index contributed by atoms with van der Waals surface area (Å²) in [6, 6.07) is 1.32. The van der Waals surface area contributed by atoms with E-state index in [-0.39, 0.29) is 17.1 Å². The zero-order chi connectivity index (χ0) is 9.84. The van der Waals surface area contributed by atoms with Gasteiger partial charge in [0.05, 0.1) is 6.42 Å². The van der Waals surface area contributed by atoms with Gasteiger partial charge in [0.25, 0.3) is 5.56 Å². The summed E-state index contributed by atoms with van der Waals surface area (Å²) < 4.78 is 0. The van der Waals surface area contributed by atoms with Crippen LogP contribution in [0.5, 0.6) is 0 Å². The molecule has 0 saturated heterocycles. The Morgan fingerprint density at radius 3 is 3.08 bits per heavy atom. The summed E-state index contributed by atoms with van der Waals surface area (Å²) in [5.74, 6) is 4.38. The Kier molecular flexibility index (Phi) is 2.99. The Bertz CT molecular complexity index is 375. The minimum Gasteiger partial charge on any atom is -0.294 e. The molecule has 0 radical (unpaired) electrons. The number of carbonyl (C=O) groups excluding carboxylic acids is 1. The third-order valence-electron chi connectivity index (χ3n) is 1.36. The van der Waals surface area contributed by atoms with Gasteiger partial charge in [-0.1, -0.05) is 11.6 Å². The monoisotopic (exact) mass is 202 g/mol. The summed E-state index contributed by atoms with van der Waals surface area (Å²) in [5.41, 5.74) is 1.68. The minimum absolute atomic E-state index is 0.117. The van der Waals surface area contributed by atoms with Crippen LogP contribution in [0.2, 0.25) is 5.15 Å². The summed E-state index contributed by atoms with van der Waals surface area (Å²) in [6.45, 7) is 0. The van der Waals surface area contributed by atoms with Gasteiger partial charge < -0.3 is 0 Å². The van der Waals surface area contributed by atoms with E-state index in [1.807, 2.05) is 5.43 Å². The van der Waals surface area contributed by atoms with Gasteiger partial charge in [0.1, 0.15) is 5.15 Å². The normalized spacial score (nSPS) is 9.69. The molecule has 1 aromatic heterocycles. The number of carbonyl (C=O) groups is 1. The lowest BCUT2D eigenvalue weighted by atomic mass is 10.2. The molecule has 0 aliphatic heterocycles. The number of aromatic amines is 1. The molecule has 0 aromatic carbocycles. The second kappa shape index (κ2) is 4.01. The van der Waals surface area contributed by atoms with Crippen LogP contribution in [0.1, 0.15) is 5.56 Å². The van der Waals surface area contributed by atoms with E-state index in [9.17, 15) is 9.59 Å². The number of nitrogens with one attached hydrogen (secondary N) is 2. The molecule has 0 saturated carbocycles. The number of aromatic nitrogens is 2. The molecule has 13 heavy (non-hydrogen) atoms. The second-order valence-corrected chi connectivity index (χ2v) is 2.68. The highest BCUT2D eigenvalue weighted by Crippen LogP contribution is 2.01. The lowest BCUT2D eigenvalue weighted by Gasteiger charge is -1.98. The van der Waals surface area contributed by atoms with Crippen molar-refractivity contribution in [1.82, 2.24) is 15.6 Å². The number of rotatable bonds is 2. The van der Waals surface area contributed by atoms with Gasteiger partial charge in [0.2, 0.25) is 5.91 Å². The summed E-state index contributed by atoms with van der Waals surface area (Å²) in [5, 5.41) is 5.70. The van der Waals surface area contributed by atoms with Crippen LogP contribution in [0.25, 0.3) is 0 Å². The predicted octanol–water partition coefficient (Wildman–Crippen LogP) is -1.04. The molecular formula is C6H7ClN4O2. The number of hydrogen-bond acceptors (Lipinski definition) is 4. The highest BCUT2D eigenvalue weighted by molar-refractivity contribution is 6.29. The first-order chi connectivity index (χ1) is 6.13. The van der Waals surface area contributed by atoms with Crippen molar-refractivity contribution in [2.24, 2.45) is 5.84 Å². The van der Waals surface area contributed by atoms with Crippen molar-refractivity contribution in [1.29, 1.82) is 0 Å². The summed E-state index contributed by atoms with van der Waals surface area (Å²) in [6.07, 6.45) is -0.117. The van der Waals surface area contributed by atoms with Gasteiger partial charge in [-0.15, -0.1) is 0 Å². The van der Waals surface area contributed by atoms with Gasteiger partial charge in [0, 0.05) is 5.56 Å². The summed E-state index contributed by atoms with van der Waals surface area (Å²) in [4.78, 5) is 21.8. The van der Waals surface area contributed by atoms with E-state index in [2.05, 4.69) is 10.2 Å². The van der Waals surface area contributed by atoms with E-state index in [0.29, 0.717) is 0 Å². The fourth-order valence-corrected chi connectivity index (χ4v) is 0.947. The van der Waals surface area contributed by atoms with Crippen LogP contribution in [0.3, 0.4) is 0 Å². The van der Waals surface area contributed by atoms with Crippen molar-refractivity contribution in [3.05, 3.63) is 27.1 Å². The van der Waals surface area contributed by atoms with Crippen molar-refractivity contribution in [2.45, 2.75) is 6.42 Å². The van der Waals surface area contributed by atoms with Crippen molar-refractivity contribution in [3.8, 4) is 0 Å². The van der Waals surface area contributed by atoms with Crippen LogP contribution in [-0.2, 0) is 11.2 Å². The zero-order valence-electron chi connectivity index (χ0n) is 6.50. The van der Waals surface area contributed by atoms with Crippen molar-refractivity contribution >= 4 is 17.5 Å². The smallest absolute Gasteiger partial charge is 0.267 e. The van der Waals surface area contributed by atoms with E-state index in [1.54, 1.807) is 0 Å². The number of hydrazine groups is 1. The number of halogens is 1. The summed E-state index contributed by atoms with van der Waals surface area (Å²) >= 11 is 5.50. The molecule has 7 heteroatoms. The van der Waals surface area contributed by atoms with Crippen LogP contribution in [0.15, 0.2) is 10.9 Å². The van der Waals surface area contributed by atoms with Crippen molar-refractivity contribution in [2.75, 3.05) is 0 Å². The summed E-state index contributed by atoms with van der Waals surface area (Å²) in [7, 11) is 0. The van der Waals surface area contributed by atoms with Gasteiger partial charge in [-0.3, -0.25) is 15.0 Å². The molecule has 0 bridgehead atoms. The maximum atomic E-state index is 11.0. The van der Waals surface area contributed by atoms with E-state index < -0.39 is 11.5 Å². The molecule has 0 unspecified atom stereocenters. The molecule has 1 heterocycles. The highest BCUT2D eigenvalue weighted by atomic mass is 35.5. The average molecular weight is 203 g/mol. The third-order valence-corrected chi connectivity index (χ3v) is 1.55. The molecule has 0 fully saturated rings. The Morgan fingerprint density at radius 2 is 2.46 bits per heavy atom. The fourth-order valence-electron chi connectivity index (χ4n) is 0.773. The van der Waals surface area contributed by atoms with Gasteiger partial charge in [0.15, 0.2) is 0 Å². The molecule has 1 amide bonds. The predicted molar refractivity (Wildman–Crippen MR) is 45.9 cm³/mol. The largest absolute Gasteiger partial charge is 0.294 e. The first-order valence-corrected chi connectivity index (χ1v) is 3.75. The first-order valence-electron chi connectivity index (χ1n) is 3.37. The number of hydrogen-bond donors (Lipinski definition) is 3. The molecule has 0 aliphatic carbocycles. The van der Waals surface area contributed by atoms with E-state index in [4.69, 9.17) is 17.4 Å². The maximum absolute atomic E-state index is 11.0. The van der Waals surface area contributed by atoms with Crippen LogP contribution < -0.4 is 16.8 Å². The molecule has 70 valence electrons. The van der Waals surface area contributed by atoms with E-state index in [1.165, 1.54) is 6.07 Å². The fraction of sp³-hybridized carbons (Fsp3) is 0.167. The molecule has 0 aliphatic rings. The maximum Gasteiger partial charge on any atom is 0.267 e. The third kappa shape index (κ3) is 2.53. The molecular weight excluding hydrogens is 196 g/mol. The minimum atomic E-state index is -0.465. The molecule has 0 spiro atoms. The molecule has 1 rings (SSSR count). The Balaban J connectivity index is 2.94. The lowest BCUT2D eigenvalue weighted by Crippen LogP contribution is -2.33. The SMILES string of the molecule is NNC(=O)Cc1cc(Cl)n[nH]c1=O. The Morgan fingerprint density at radius 1 is 1.77 bits per heavy atom. The lowest BCUT2D eigenvalue weighted by molar-refractivity contribution is -0.120. The quantitative estimate of drug-likeness (QED) is 0.324. The van der Waals surface area contributed by atoms with Gasteiger partial charge in [-0.25, -0.2) is 10.9 Å². The standard InChI is InChI=1S/C6H7ClN4O2/c7-4-1-3(2-5(12)9-8)6(13)11-10-4/h1H,2,8H2,(H,9,12)(H,11,13). The van der Waals surface area contributed by atoms with Crippen LogP contribution in [0.4, 0.5) is 0 Å². The average Bonchev–Trinajstić information content (AvgIpc) is 2.11. The molecule has 4 N–H and O–H groups in total. The highest BCUT2D eigenvalue weighted by Gasteiger charge is 2.06. The molecule has 0 atom stereocenters. The van der Waals surface area contributed by atoms with Crippen molar-refractivity contribution < 1.29 is 4.79 Å². The van der Waals surface area contributed by atoms with E-state index >= 15 is 0 Å². The molecule has 6 nitrogen and oxygen atoms in total. The first kappa shape index (κ1) is 9.69.